The Morgan fingerprint density at radius 1 is 1.28 bits per heavy atom. The van der Waals surface area contributed by atoms with E-state index in [2.05, 4.69) is 37.7 Å². The quantitative estimate of drug-likeness (QED) is 0.496. The van der Waals surface area contributed by atoms with Gasteiger partial charge in [-0.2, -0.15) is 0 Å². The van der Waals surface area contributed by atoms with E-state index in [0.29, 0.717) is 5.92 Å². The number of methoxy groups -OCH3 is 1. The molecule has 0 N–H and O–H groups in total. The third-order valence-electron chi connectivity index (χ3n) is 2.61. The lowest BCUT2D eigenvalue weighted by Gasteiger charge is -2.09. The average Bonchev–Trinajstić information content (AvgIpc) is 2.28. The molecular weight excluding hydrogens is 228 g/mol. The van der Waals surface area contributed by atoms with Gasteiger partial charge in [0.25, 0.3) is 0 Å². The van der Waals surface area contributed by atoms with E-state index in [1.165, 1.54) is 19.1 Å². The van der Waals surface area contributed by atoms with Gasteiger partial charge in [0.2, 0.25) is 0 Å². The predicted molar refractivity (Wildman–Crippen MR) is 74.5 cm³/mol. The molecule has 0 aromatic heterocycles. The molecule has 0 aromatic rings. The maximum absolute atomic E-state index is 10.8. The molecule has 0 spiro atoms. The van der Waals surface area contributed by atoms with Crippen LogP contribution in [0.2, 0.25) is 0 Å². The Hall–Kier alpha value is -1.25. The molecule has 0 fully saturated rings. The van der Waals surface area contributed by atoms with E-state index in [1.807, 2.05) is 13.0 Å². The van der Waals surface area contributed by atoms with Crippen molar-refractivity contribution >= 4 is 6.16 Å². The number of carbonyl (C=O) groups excluding carboxylic acids is 1. The molecule has 0 amide bonds. The minimum atomic E-state index is -0.635. The zero-order valence-corrected chi connectivity index (χ0v) is 12.2. The van der Waals surface area contributed by atoms with Crippen molar-refractivity contribution in [2.45, 2.75) is 53.1 Å². The summed E-state index contributed by atoms with van der Waals surface area (Å²) in [6.07, 6.45) is 8.68. The number of allylic oxidation sites excluding steroid dienone is 3. The van der Waals surface area contributed by atoms with Crippen LogP contribution in [0.25, 0.3) is 0 Å². The van der Waals surface area contributed by atoms with Gasteiger partial charge in [0.15, 0.2) is 0 Å². The Labute approximate surface area is 111 Å². The first-order valence-corrected chi connectivity index (χ1v) is 6.50. The van der Waals surface area contributed by atoms with Gasteiger partial charge >= 0.3 is 6.16 Å². The van der Waals surface area contributed by atoms with Crippen LogP contribution in [0.3, 0.4) is 0 Å². The van der Waals surface area contributed by atoms with Crippen LogP contribution < -0.4 is 0 Å². The zero-order chi connectivity index (χ0) is 14.0. The number of rotatable bonds is 7. The SMILES string of the molecule is COC(=O)O[C@H](C)C=CC[C@H](C)CCC=C(C)C. The van der Waals surface area contributed by atoms with Crippen LogP contribution in [0, 0.1) is 5.92 Å². The molecule has 104 valence electrons. The molecule has 0 bridgehead atoms. The molecule has 0 aromatic carbocycles. The van der Waals surface area contributed by atoms with Gasteiger partial charge in [-0.1, -0.05) is 24.6 Å². The van der Waals surface area contributed by atoms with Crippen LogP contribution in [-0.4, -0.2) is 19.4 Å². The molecule has 2 atom stereocenters. The fourth-order valence-electron chi connectivity index (χ4n) is 1.52. The van der Waals surface area contributed by atoms with Gasteiger partial charge in [0.1, 0.15) is 6.10 Å². The molecule has 0 saturated carbocycles. The topological polar surface area (TPSA) is 35.5 Å². The first kappa shape index (κ1) is 16.8. The molecule has 0 saturated heterocycles. The van der Waals surface area contributed by atoms with E-state index in [4.69, 9.17) is 4.74 Å². The smallest absolute Gasteiger partial charge is 0.438 e. The van der Waals surface area contributed by atoms with Crippen LogP contribution >= 0.6 is 0 Å². The second-order valence-electron chi connectivity index (χ2n) is 4.90. The average molecular weight is 254 g/mol. The summed E-state index contributed by atoms with van der Waals surface area (Å²) in [4.78, 5) is 10.8. The third-order valence-corrected chi connectivity index (χ3v) is 2.61. The first-order chi connectivity index (χ1) is 8.45. The Morgan fingerprint density at radius 3 is 2.50 bits per heavy atom. The minimum Gasteiger partial charge on any atom is -0.438 e. The monoisotopic (exact) mass is 254 g/mol. The fourth-order valence-corrected chi connectivity index (χ4v) is 1.52. The van der Waals surface area contributed by atoms with Crippen LogP contribution in [0.1, 0.15) is 47.0 Å². The van der Waals surface area contributed by atoms with Crippen molar-refractivity contribution in [3.8, 4) is 0 Å². The number of ether oxygens (including phenoxy) is 2. The highest BCUT2D eigenvalue weighted by molar-refractivity contribution is 5.59. The van der Waals surface area contributed by atoms with Gasteiger partial charge in [0, 0.05) is 0 Å². The van der Waals surface area contributed by atoms with E-state index in [9.17, 15) is 4.79 Å². The van der Waals surface area contributed by atoms with E-state index >= 15 is 0 Å². The Balaban J connectivity index is 3.79. The lowest BCUT2D eigenvalue weighted by atomic mass is 10.0. The lowest BCUT2D eigenvalue weighted by molar-refractivity contribution is 0.0578. The summed E-state index contributed by atoms with van der Waals surface area (Å²) < 4.78 is 9.36. The molecule has 0 radical (unpaired) electrons. The van der Waals surface area contributed by atoms with Gasteiger partial charge in [-0.25, -0.2) is 4.79 Å². The maximum atomic E-state index is 10.8. The van der Waals surface area contributed by atoms with Crippen molar-refractivity contribution in [1.82, 2.24) is 0 Å². The highest BCUT2D eigenvalue weighted by atomic mass is 16.7. The van der Waals surface area contributed by atoms with Gasteiger partial charge in [-0.15, -0.1) is 0 Å². The molecule has 0 aliphatic heterocycles. The Kier molecular flexibility index (Phi) is 9.07. The summed E-state index contributed by atoms with van der Waals surface area (Å²) in [5.41, 5.74) is 1.37. The molecule has 3 heteroatoms. The molecule has 0 aliphatic rings. The van der Waals surface area contributed by atoms with E-state index in [0.717, 1.165) is 12.8 Å². The maximum Gasteiger partial charge on any atom is 0.508 e. The summed E-state index contributed by atoms with van der Waals surface area (Å²) in [6, 6.07) is 0. The van der Waals surface area contributed by atoms with Gasteiger partial charge < -0.3 is 9.47 Å². The molecule has 0 aliphatic carbocycles. The van der Waals surface area contributed by atoms with Crippen molar-refractivity contribution in [2.75, 3.05) is 7.11 Å². The summed E-state index contributed by atoms with van der Waals surface area (Å²) in [5, 5.41) is 0. The third kappa shape index (κ3) is 9.94. The molecule has 0 unspecified atom stereocenters. The van der Waals surface area contributed by atoms with Crippen molar-refractivity contribution in [1.29, 1.82) is 0 Å². The second kappa shape index (κ2) is 9.75. The Morgan fingerprint density at radius 2 is 1.94 bits per heavy atom. The molecule has 0 heterocycles. The predicted octanol–water partition coefficient (Wildman–Crippen LogP) is 4.49. The van der Waals surface area contributed by atoms with E-state index in [-0.39, 0.29) is 6.10 Å². The highest BCUT2D eigenvalue weighted by Crippen LogP contribution is 2.12. The summed E-state index contributed by atoms with van der Waals surface area (Å²) in [5.74, 6) is 0.641. The number of hydrogen-bond donors (Lipinski definition) is 0. The van der Waals surface area contributed by atoms with E-state index in [1.54, 1.807) is 0 Å². The number of hydrogen-bond acceptors (Lipinski definition) is 3. The van der Waals surface area contributed by atoms with Crippen LogP contribution in [0.4, 0.5) is 4.79 Å². The van der Waals surface area contributed by atoms with Crippen molar-refractivity contribution in [3.05, 3.63) is 23.8 Å². The van der Waals surface area contributed by atoms with Crippen LogP contribution in [-0.2, 0) is 9.47 Å². The summed E-state index contributed by atoms with van der Waals surface area (Å²) in [7, 11) is 1.31. The standard InChI is InChI=1S/C15H26O3/c1-12(2)8-6-9-13(3)10-7-11-14(4)18-15(16)17-5/h7-8,11,13-14H,6,9-10H2,1-5H3/t13-,14-/m1/s1. The summed E-state index contributed by atoms with van der Waals surface area (Å²) in [6.45, 7) is 8.29. The van der Waals surface area contributed by atoms with Crippen LogP contribution in [0.15, 0.2) is 23.8 Å². The fraction of sp³-hybridized carbons (Fsp3) is 0.667. The normalized spacial score (nSPS) is 14.1. The molecular formula is C15H26O3. The Bertz CT molecular complexity index is 288. The van der Waals surface area contributed by atoms with Crippen molar-refractivity contribution in [3.63, 3.8) is 0 Å². The van der Waals surface area contributed by atoms with E-state index < -0.39 is 6.16 Å². The first-order valence-electron chi connectivity index (χ1n) is 6.50. The van der Waals surface area contributed by atoms with Crippen molar-refractivity contribution < 1.29 is 14.3 Å². The zero-order valence-electron chi connectivity index (χ0n) is 12.2. The van der Waals surface area contributed by atoms with Gasteiger partial charge in [-0.05, 0) is 52.0 Å². The van der Waals surface area contributed by atoms with Gasteiger partial charge in [-0.3, -0.25) is 0 Å². The number of carbonyl (C=O) groups is 1. The summed E-state index contributed by atoms with van der Waals surface area (Å²) >= 11 is 0. The largest absolute Gasteiger partial charge is 0.508 e. The highest BCUT2D eigenvalue weighted by Gasteiger charge is 2.05. The second-order valence-corrected chi connectivity index (χ2v) is 4.90. The van der Waals surface area contributed by atoms with Gasteiger partial charge in [0.05, 0.1) is 7.11 Å². The molecule has 18 heavy (non-hydrogen) atoms. The molecule has 0 rings (SSSR count). The minimum absolute atomic E-state index is 0.234. The van der Waals surface area contributed by atoms with Crippen molar-refractivity contribution in [2.24, 2.45) is 5.92 Å². The molecule has 3 nitrogen and oxygen atoms in total. The van der Waals surface area contributed by atoms with Crippen LogP contribution in [0.5, 0.6) is 0 Å². The lowest BCUT2D eigenvalue weighted by Crippen LogP contribution is -2.12.